The zero-order chi connectivity index (χ0) is 26.6. The van der Waals surface area contributed by atoms with Crippen molar-refractivity contribution in [2.75, 3.05) is 12.3 Å². The van der Waals surface area contributed by atoms with Crippen LogP contribution in [0.2, 0.25) is 0 Å². The Bertz CT molecular complexity index is 1280. The van der Waals surface area contributed by atoms with E-state index < -0.39 is 41.1 Å². The molecule has 8 nitrogen and oxygen atoms in total. The summed E-state index contributed by atoms with van der Waals surface area (Å²) in [5, 5.41) is 14.2. The number of pyridine rings is 1. The fourth-order valence-electron chi connectivity index (χ4n) is 4.56. The van der Waals surface area contributed by atoms with E-state index in [1.54, 1.807) is 12.1 Å². The minimum atomic E-state index is -1.77. The van der Waals surface area contributed by atoms with Crippen molar-refractivity contribution in [1.82, 2.24) is 15.2 Å². The van der Waals surface area contributed by atoms with E-state index in [1.807, 2.05) is 30.3 Å². The van der Waals surface area contributed by atoms with E-state index in [0.29, 0.717) is 24.2 Å². The van der Waals surface area contributed by atoms with E-state index in [-0.39, 0.29) is 25.1 Å². The zero-order valence-corrected chi connectivity index (χ0v) is 20.1. The quantitative estimate of drug-likeness (QED) is 0.367. The molecule has 0 aliphatic carbocycles. The monoisotopic (exact) mass is 509 g/mol. The molecule has 0 unspecified atom stereocenters. The molecule has 2 aromatic carbocycles. The molecule has 1 fully saturated rings. The number of hydrogen-bond donors (Lipinski definition) is 4. The summed E-state index contributed by atoms with van der Waals surface area (Å²) in [6, 6.07) is 13.8. The number of nitrogens with two attached hydrogens (primary N) is 2. The summed E-state index contributed by atoms with van der Waals surface area (Å²) in [6.45, 7) is -0.177. The molecule has 1 saturated heterocycles. The molecule has 0 bridgehead atoms. The Hall–Kier alpha value is -3.89. The van der Waals surface area contributed by atoms with Gasteiger partial charge in [-0.25, -0.2) is 13.8 Å². The lowest BCUT2D eigenvalue weighted by molar-refractivity contribution is -0.139. The number of halogens is 2. The van der Waals surface area contributed by atoms with Gasteiger partial charge in [0.15, 0.2) is 11.6 Å². The average molecular weight is 510 g/mol. The molecule has 1 aromatic heterocycles. The SMILES string of the molecule is Nc1cc(CNC(=O)[C@@H]2C[C@@](O)(c3ccc(F)c(F)c3)CN2C(=O)[C@H](N)CCc2ccccc2)ccn1. The maximum atomic E-state index is 14.0. The van der Waals surface area contributed by atoms with Gasteiger partial charge in [-0.15, -0.1) is 0 Å². The smallest absolute Gasteiger partial charge is 0.243 e. The molecular weight excluding hydrogens is 480 g/mol. The highest BCUT2D eigenvalue weighted by molar-refractivity contribution is 5.90. The standard InChI is InChI=1S/C27H29F2N5O3/c28-20-8-7-19(13-21(20)29)27(37)14-23(25(35)33-15-18-10-11-32-24(31)12-18)34(16-27)26(36)22(30)9-6-17-4-2-1-3-5-17/h1-5,7-8,10-13,22-23,37H,6,9,14-16,30H2,(H2,31,32)(H,33,35)/t22-,23+,27+/m1/s1. The van der Waals surface area contributed by atoms with Gasteiger partial charge < -0.3 is 26.8 Å². The number of aliphatic hydroxyl groups is 1. The molecule has 10 heteroatoms. The molecule has 1 aliphatic heterocycles. The van der Waals surface area contributed by atoms with Crippen LogP contribution < -0.4 is 16.8 Å². The number of anilines is 1. The Kier molecular flexibility index (Phi) is 7.80. The number of nitrogens with one attached hydrogen (secondary N) is 1. The summed E-state index contributed by atoms with van der Waals surface area (Å²) in [6.07, 6.45) is 2.18. The number of benzene rings is 2. The van der Waals surface area contributed by atoms with Crippen molar-refractivity contribution in [3.05, 3.63) is 95.2 Å². The molecule has 6 N–H and O–H groups in total. The van der Waals surface area contributed by atoms with Crippen LogP contribution in [-0.4, -0.2) is 45.4 Å². The van der Waals surface area contributed by atoms with E-state index >= 15 is 0 Å². The van der Waals surface area contributed by atoms with Crippen molar-refractivity contribution in [1.29, 1.82) is 0 Å². The molecule has 2 amide bonds. The second kappa shape index (κ2) is 11.0. The zero-order valence-electron chi connectivity index (χ0n) is 20.1. The first-order chi connectivity index (χ1) is 17.7. The molecule has 37 heavy (non-hydrogen) atoms. The van der Waals surface area contributed by atoms with Gasteiger partial charge in [0.2, 0.25) is 11.8 Å². The number of rotatable bonds is 8. The largest absolute Gasteiger partial charge is 0.384 e. The Morgan fingerprint density at radius 3 is 2.57 bits per heavy atom. The Morgan fingerprint density at radius 1 is 1.11 bits per heavy atom. The van der Waals surface area contributed by atoms with Gasteiger partial charge in [-0.2, -0.15) is 0 Å². The number of likely N-dealkylation sites (tertiary alicyclic amines) is 1. The first kappa shape index (κ1) is 26.2. The minimum Gasteiger partial charge on any atom is -0.384 e. The Labute approximate surface area is 213 Å². The molecular formula is C27H29F2N5O3. The van der Waals surface area contributed by atoms with Gasteiger partial charge in [0, 0.05) is 19.2 Å². The summed E-state index contributed by atoms with van der Waals surface area (Å²) >= 11 is 0. The van der Waals surface area contributed by atoms with Crippen LogP contribution in [0.1, 0.15) is 29.5 Å². The normalized spacial score (nSPS) is 20.0. The second-order valence-corrected chi connectivity index (χ2v) is 9.28. The number of β-amino-alcohol motifs (C(OH)–C–C–N with tert-alkyl or cyclic N) is 1. The molecule has 3 aromatic rings. The van der Waals surface area contributed by atoms with E-state index in [4.69, 9.17) is 11.5 Å². The molecule has 0 spiro atoms. The van der Waals surface area contributed by atoms with Gasteiger partial charge in [-0.1, -0.05) is 36.4 Å². The van der Waals surface area contributed by atoms with E-state index in [1.165, 1.54) is 17.2 Å². The predicted molar refractivity (Wildman–Crippen MR) is 134 cm³/mol. The van der Waals surface area contributed by atoms with Crippen LogP contribution in [0.4, 0.5) is 14.6 Å². The van der Waals surface area contributed by atoms with Gasteiger partial charge >= 0.3 is 0 Å². The van der Waals surface area contributed by atoms with E-state index in [0.717, 1.165) is 17.7 Å². The van der Waals surface area contributed by atoms with Crippen molar-refractivity contribution < 1.29 is 23.5 Å². The van der Waals surface area contributed by atoms with Gasteiger partial charge in [0.1, 0.15) is 17.5 Å². The number of aryl methyl sites for hydroxylation is 1. The van der Waals surface area contributed by atoms with Gasteiger partial charge in [0.05, 0.1) is 12.6 Å². The lowest BCUT2D eigenvalue weighted by atomic mass is 9.91. The highest BCUT2D eigenvalue weighted by Gasteiger charge is 2.49. The molecule has 1 aliphatic rings. The molecule has 194 valence electrons. The van der Waals surface area contributed by atoms with Crippen molar-refractivity contribution in [3.63, 3.8) is 0 Å². The number of hydrogen-bond acceptors (Lipinski definition) is 6. The highest BCUT2D eigenvalue weighted by Crippen LogP contribution is 2.37. The minimum absolute atomic E-state index is 0.0688. The fourth-order valence-corrected chi connectivity index (χ4v) is 4.56. The average Bonchev–Trinajstić information content (AvgIpc) is 3.26. The van der Waals surface area contributed by atoms with Crippen molar-refractivity contribution >= 4 is 17.6 Å². The third-order valence-electron chi connectivity index (χ3n) is 6.60. The number of amides is 2. The molecule has 2 heterocycles. The van der Waals surface area contributed by atoms with Crippen LogP contribution in [0, 0.1) is 11.6 Å². The number of carbonyl (C=O) groups is 2. The van der Waals surface area contributed by atoms with Gasteiger partial charge in [-0.3, -0.25) is 9.59 Å². The molecule has 4 rings (SSSR count). The van der Waals surface area contributed by atoms with Crippen LogP contribution in [0.25, 0.3) is 0 Å². The summed E-state index contributed by atoms with van der Waals surface area (Å²) in [5.41, 5.74) is 11.9. The summed E-state index contributed by atoms with van der Waals surface area (Å²) in [5.74, 6) is -2.93. The second-order valence-electron chi connectivity index (χ2n) is 9.28. The predicted octanol–water partition coefficient (Wildman–Crippen LogP) is 2.01. The maximum absolute atomic E-state index is 14.0. The topological polar surface area (TPSA) is 135 Å². The molecule has 0 saturated carbocycles. The lowest BCUT2D eigenvalue weighted by Crippen LogP contribution is -2.51. The van der Waals surface area contributed by atoms with Crippen LogP contribution >= 0.6 is 0 Å². The summed E-state index contributed by atoms with van der Waals surface area (Å²) in [7, 11) is 0. The highest BCUT2D eigenvalue weighted by atomic mass is 19.2. The third kappa shape index (κ3) is 6.10. The molecule has 0 radical (unpaired) electrons. The van der Waals surface area contributed by atoms with Crippen LogP contribution in [-0.2, 0) is 28.2 Å². The number of carbonyl (C=O) groups excluding carboxylic acids is 2. The summed E-state index contributed by atoms with van der Waals surface area (Å²) < 4.78 is 27.5. The van der Waals surface area contributed by atoms with Crippen LogP contribution in [0.3, 0.4) is 0 Å². The van der Waals surface area contributed by atoms with Crippen molar-refractivity contribution in [2.45, 2.75) is 43.5 Å². The number of nitrogen functional groups attached to an aromatic ring is 1. The van der Waals surface area contributed by atoms with Crippen LogP contribution in [0.15, 0.2) is 66.9 Å². The lowest BCUT2D eigenvalue weighted by Gasteiger charge is -2.27. The van der Waals surface area contributed by atoms with Crippen molar-refractivity contribution in [2.24, 2.45) is 5.73 Å². The van der Waals surface area contributed by atoms with Crippen LogP contribution in [0.5, 0.6) is 0 Å². The number of nitrogens with zero attached hydrogens (tertiary/aromatic N) is 2. The summed E-state index contributed by atoms with van der Waals surface area (Å²) in [4.78, 5) is 31.8. The van der Waals surface area contributed by atoms with Crippen molar-refractivity contribution in [3.8, 4) is 0 Å². The molecule has 3 atom stereocenters. The third-order valence-corrected chi connectivity index (χ3v) is 6.60. The maximum Gasteiger partial charge on any atom is 0.243 e. The van der Waals surface area contributed by atoms with Gasteiger partial charge in [0.25, 0.3) is 0 Å². The fraction of sp³-hybridized carbons (Fsp3) is 0.296. The Morgan fingerprint density at radius 2 is 1.86 bits per heavy atom. The van der Waals surface area contributed by atoms with E-state index in [2.05, 4.69) is 10.3 Å². The first-order valence-electron chi connectivity index (χ1n) is 11.9. The van der Waals surface area contributed by atoms with Gasteiger partial charge in [-0.05, 0) is 53.8 Å². The van der Waals surface area contributed by atoms with E-state index in [9.17, 15) is 23.5 Å². The first-order valence-corrected chi connectivity index (χ1v) is 11.9. The Balaban J connectivity index is 1.54. The number of aromatic nitrogens is 1.